The summed E-state index contributed by atoms with van der Waals surface area (Å²) in [6.07, 6.45) is -4.67. The Morgan fingerprint density at radius 3 is 2.29 bits per heavy atom. The number of benzene rings is 2. The van der Waals surface area contributed by atoms with Gasteiger partial charge in [0, 0.05) is 15.6 Å². The summed E-state index contributed by atoms with van der Waals surface area (Å²) in [5.74, 6) is -1.42. The standard InChI is InChI=1S/C16H12BrF3N2O2/c17-12-7-3-5-10(14(12)22-13(23)8-21)15(24)9-4-1-2-6-11(9)16(18,19)20/h1-7H,8,21H2,(H,22,23). The number of carbonyl (C=O) groups is 2. The number of hydrogen-bond acceptors (Lipinski definition) is 3. The molecule has 0 fully saturated rings. The number of ketones is 1. The average Bonchev–Trinajstić information content (AvgIpc) is 2.55. The highest BCUT2D eigenvalue weighted by Gasteiger charge is 2.35. The van der Waals surface area contributed by atoms with Gasteiger partial charge in [-0.1, -0.05) is 24.3 Å². The lowest BCUT2D eigenvalue weighted by Gasteiger charge is -2.15. The van der Waals surface area contributed by atoms with E-state index in [0.717, 1.165) is 12.1 Å². The first kappa shape index (κ1) is 18.2. The molecular weight excluding hydrogens is 389 g/mol. The zero-order valence-electron chi connectivity index (χ0n) is 12.2. The zero-order chi connectivity index (χ0) is 17.9. The van der Waals surface area contributed by atoms with Gasteiger partial charge in [0.25, 0.3) is 0 Å². The van der Waals surface area contributed by atoms with E-state index in [1.807, 2.05) is 0 Å². The first-order valence-corrected chi connectivity index (χ1v) is 7.54. The topological polar surface area (TPSA) is 72.2 Å². The molecule has 0 bridgehead atoms. The number of hydrogen-bond donors (Lipinski definition) is 2. The minimum Gasteiger partial charge on any atom is -0.323 e. The number of amides is 1. The largest absolute Gasteiger partial charge is 0.417 e. The van der Waals surface area contributed by atoms with E-state index in [2.05, 4.69) is 21.2 Å². The molecule has 2 rings (SSSR count). The van der Waals surface area contributed by atoms with Gasteiger partial charge in [0.05, 0.1) is 17.8 Å². The number of carbonyl (C=O) groups excluding carboxylic acids is 2. The quantitative estimate of drug-likeness (QED) is 0.770. The highest BCUT2D eigenvalue weighted by atomic mass is 79.9. The third kappa shape index (κ3) is 3.82. The van der Waals surface area contributed by atoms with Crippen LogP contribution in [0.1, 0.15) is 21.5 Å². The molecule has 0 spiro atoms. The van der Waals surface area contributed by atoms with E-state index in [4.69, 9.17) is 5.73 Å². The number of alkyl halides is 3. The third-order valence-corrected chi connectivity index (χ3v) is 3.85. The summed E-state index contributed by atoms with van der Waals surface area (Å²) in [5.41, 5.74) is 3.71. The lowest BCUT2D eigenvalue weighted by molar-refractivity contribution is -0.137. The monoisotopic (exact) mass is 400 g/mol. The van der Waals surface area contributed by atoms with Crippen LogP contribution in [0.2, 0.25) is 0 Å². The molecule has 0 heterocycles. The van der Waals surface area contributed by atoms with Crippen LogP contribution in [0, 0.1) is 0 Å². The molecule has 0 atom stereocenters. The minimum absolute atomic E-state index is 0.0668. The van der Waals surface area contributed by atoms with E-state index >= 15 is 0 Å². The molecule has 126 valence electrons. The maximum Gasteiger partial charge on any atom is 0.417 e. The summed E-state index contributed by atoms with van der Waals surface area (Å²) in [6, 6.07) is 8.87. The van der Waals surface area contributed by atoms with Gasteiger partial charge in [-0.05, 0) is 34.1 Å². The van der Waals surface area contributed by atoms with Crippen LogP contribution in [-0.4, -0.2) is 18.2 Å². The fourth-order valence-corrected chi connectivity index (χ4v) is 2.57. The molecule has 3 N–H and O–H groups in total. The average molecular weight is 401 g/mol. The Kier molecular flexibility index (Phi) is 5.40. The molecule has 4 nitrogen and oxygen atoms in total. The fraction of sp³-hybridized carbons (Fsp3) is 0.125. The number of anilines is 1. The van der Waals surface area contributed by atoms with Crippen molar-refractivity contribution in [1.82, 2.24) is 0 Å². The molecule has 0 aliphatic heterocycles. The highest BCUT2D eigenvalue weighted by Crippen LogP contribution is 2.35. The van der Waals surface area contributed by atoms with Gasteiger partial charge in [0.1, 0.15) is 0 Å². The summed E-state index contributed by atoms with van der Waals surface area (Å²) in [4.78, 5) is 24.2. The maximum absolute atomic E-state index is 13.1. The molecule has 24 heavy (non-hydrogen) atoms. The Labute approximate surface area is 144 Å². The van der Waals surface area contributed by atoms with Crippen LogP contribution in [0.5, 0.6) is 0 Å². The fourth-order valence-electron chi connectivity index (χ4n) is 2.10. The van der Waals surface area contributed by atoms with Crippen LogP contribution < -0.4 is 11.1 Å². The van der Waals surface area contributed by atoms with Gasteiger partial charge >= 0.3 is 6.18 Å². The van der Waals surface area contributed by atoms with Crippen LogP contribution in [-0.2, 0) is 11.0 Å². The van der Waals surface area contributed by atoms with Gasteiger partial charge in [0.2, 0.25) is 5.91 Å². The van der Waals surface area contributed by atoms with Crippen LogP contribution in [0.15, 0.2) is 46.9 Å². The number of nitrogens with one attached hydrogen (secondary N) is 1. The van der Waals surface area contributed by atoms with Gasteiger partial charge in [-0.2, -0.15) is 13.2 Å². The second-order valence-electron chi connectivity index (χ2n) is 4.79. The van der Waals surface area contributed by atoms with Gasteiger partial charge in [-0.25, -0.2) is 0 Å². The SMILES string of the molecule is NCC(=O)Nc1c(Br)cccc1C(=O)c1ccccc1C(F)(F)F. The van der Waals surface area contributed by atoms with Gasteiger partial charge in [-0.3, -0.25) is 9.59 Å². The Morgan fingerprint density at radius 2 is 1.67 bits per heavy atom. The summed E-state index contributed by atoms with van der Waals surface area (Å²) in [6.45, 7) is -0.325. The van der Waals surface area contributed by atoms with Crippen molar-refractivity contribution in [3.8, 4) is 0 Å². The van der Waals surface area contributed by atoms with Crippen LogP contribution >= 0.6 is 15.9 Å². The number of nitrogens with two attached hydrogens (primary N) is 1. The van der Waals surface area contributed by atoms with Crippen molar-refractivity contribution in [2.45, 2.75) is 6.18 Å². The van der Waals surface area contributed by atoms with Gasteiger partial charge in [0.15, 0.2) is 5.78 Å². The van der Waals surface area contributed by atoms with E-state index in [9.17, 15) is 22.8 Å². The molecule has 0 saturated heterocycles. The van der Waals surface area contributed by atoms with Crippen molar-refractivity contribution in [2.24, 2.45) is 5.73 Å². The number of para-hydroxylation sites is 1. The predicted octanol–water partition coefficient (Wildman–Crippen LogP) is 3.60. The van der Waals surface area contributed by atoms with Crippen LogP contribution in [0.3, 0.4) is 0 Å². The normalized spacial score (nSPS) is 11.2. The van der Waals surface area contributed by atoms with Crippen molar-refractivity contribution >= 4 is 33.3 Å². The molecule has 0 aliphatic rings. The highest BCUT2D eigenvalue weighted by molar-refractivity contribution is 9.10. The Bertz CT molecular complexity index is 791. The van der Waals surface area contributed by atoms with Crippen LogP contribution in [0.4, 0.5) is 18.9 Å². The Balaban J connectivity index is 2.56. The summed E-state index contributed by atoms with van der Waals surface area (Å²) < 4.78 is 39.7. The molecule has 2 aromatic carbocycles. The van der Waals surface area contributed by atoms with Crippen molar-refractivity contribution in [3.63, 3.8) is 0 Å². The molecule has 2 aromatic rings. The molecule has 0 unspecified atom stereocenters. The summed E-state index contributed by atoms with van der Waals surface area (Å²) in [7, 11) is 0. The molecular formula is C16H12BrF3N2O2. The van der Waals surface area contributed by atoms with E-state index in [1.54, 1.807) is 6.07 Å². The zero-order valence-corrected chi connectivity index (χ0v) is 13.7. The van der Waals surface area contributed by atoms with E-state index in [1.165, 1.54) is 24.3 Å². The lowest BCUT2D eigenvalue weighted by Crippen LogP contribution is -2.24. The van der Waals surface area contributed by atoms with E-state index < -0.39 is 29.0 Å². The Morgan fingerprint density at radius 1 is 1.04 bits per heavy atom. The number of halogens is 4. The van der Waals surface area contributed by atoms with Crippen molar-refractivity contribution < 1.29 is 22.8 Å². The molecule has 8 heteroatoms. The van der Waals surface area contributed by atoms with E-state index in [0.29, 0.717) is 4.47 Å². The second-order valence-corrected chi connectivity index (χ2v) is 5.64. The van der Waals surface area contributed by atoms with Gasteiger partial charge in [-0.15, -0.1) is 0 Å². The molecule has 0 radical (unpaired) electrons. The predicted molar refractivity (Wildman–Crippen MR) is 86.7 cm³/mol. The van der Waals surface area contributed by atoms with Crippen LogP contribution in [0.25, 0.3) is 0 Å². The summed E-state index contributed by atoms with van der Waals surface area (Å²) >= 11 is 3.17. The minimum atomic E-state index is -4.67. The van der Waals surface area contributed by atoms with Crippen molar-refractivity contribution in [1.29, 1.82) is 0 Å². The van der Waals surface area contributed by atoms with Gasteiger partial charge < -0.3 is 11.1 Å². The first-order valence-electron chi connectivity index (χ1n) is 6.75. The molecule has 0 aliphatic carbocycles. The lowest BCUT2D eigenvalue weighted by atomic mass is 9.97. The van der Waals surface area contributed by atoms with Crippen molar-refractivity contribution in [3.05, 3.63) is 63.6 Å². The third-order valence-electron chi connectivity index (χ3n) is 3.19. The molecule has 0 saturated carbocycles. The maximum atomic E-state index is 13.1. The number of rotatable bonds is 4. The van der Waals surface area contributed by atoms with E-state index in [-0.39, 0.29) is 17.8 Å². The summed E-state index contributed by atoms with van der Waals surface area (Å²) in [5, 5.41) is 2.42. The van der Waals surface area contributed by atoms with Crippen molar-refractivity contribution in [2.75, 3.05) is 11.9 Å². The Hall–Kier alpha value is -2.19. The first-order chi connectivity index (χ1) is 11.3. The second kappa shape index (κ2) is 7.14. The molecule has 0 aromatic heterocycles. The molecule has 1 amide bonds. The smallest absolute Gasteiger partial charge is 0.323 e.